The standard InChI is InChI=1S/C22H28N4O3S/c1-5-26(14-17-10-7-6-8-11-17)30(27,28)20-15(2)19(25(4)16(20)3)22-24-23-21(29-22)18-12-9-13-18/h6-8,10-11,18H,5,9,12-14H2,1-4H3. The van der Waals surface area contributed by atoms with Gasteiger partial charge in [0.2, 0.25) is 15.9 Å². The van der Waals surface area contributed by atoms with Crippen LogP contribution < -0.4 is 0 Å². The highest BCUT2D eigenvalue weighted by atomic mass is 32.2. The molecule has 1 fully saturated rings. The number of nitrogens with zero attached hydrogens (tertiary/aromatic N) is 4. The summed E-state index contributed by atoms with van der Waals surface area (Å²) in [6, 6.07) is 9.64. The van der Waals surface area contributed by atoms with Crippen LogP contribution in [0.4, 0.5) is 0 Å². The van der Waals surface area contributed by atoms with Crippen LogP contribution >= 0.6 is 0 Å². The Bertz CT molecular complexity index is 1140. The average Bonchev–Trinajstić information content (AvgIpc) is 3.22. The third-order valence-electron chi connectivity index (χ3n) is 6.11. The Labute approximate surface area is 177 Å². The number of hydrogen-bond donors (Lipinski definition) is 0. The highest BCUT2D eigenvalue weighted by Crippen LogP contribution is 2.38. The smallest absolute Gasteiger partial charge is 0.264 e. The highest BCUT2D eigenvalue weighted by Gasteiger charge is 2.33. The summed E-state index contributed by atoms with van der Waals surface area (Å²) in [5, 5.41) is 8.45. The van der Waals surface area contributed by atoms with E-state index in [-0.39, 0.29) is 0 Å². The Balaban J connectivity index is 1.73. The van der Waals surface area contributed by atoms with Gasteiger partial charge >= 0.3 is 0 Å². The normalized spacial score (nSPS) is 15.0. The van der Waals surface area contributed by atoms with E-state index in [1.165, 1.54) is 10.7 Å². The summed E-state index contributed by atoms with van der Waals surface area (Å²) in [6.07, 6.45) is 3.32. The topological polar surface area (TPSA) is 81.2 Å². The van der Waals surface area contributed by atoms with Gasteiger partial charge in [0.15, 0.2) is 0 Å². The number of hydrogen-bond acceptors (Lipinski definition) is 5. The lowest BCUT2D eigenvalue weighted by molar-refractivity contribution is 0.337. The zero-order valence-corrected chi connectivity index (χ0v) is 18.7. The Kier molecular flexibility index (Phi) is 5.55. The van der Waals surface area contributed by atoms with Gasteiger partial charge in [0.1, 0.15) is 10.6 Å². The van der Waals surface area contributed by atoms with Gasteiger partial charge in [-0.3, -0.25) is 0 Å². The minimum absolute atomic E-state index is 0.321. The van der Waals surface area contributed by atoms with E-state index in [0.29, 0.717) is 52.6 Å². The van der Waals surface area contributed by atoms with Crippen molar-refractivity contribution in [3.05, 3.63) is 53.0 Å². The first-order valence-corrected chi connectivity index (χ1v) is 11.8. The summed E-state index contributed by atoms with van der Waals surface area (Å²) in [7, 11) is -1.86. The number of sulfonamides is 1. The molecule has 8 heteroatoms. The van der Waals surface area contributed by atoms with E-state index in [4.69, 9.17) is 4.42 Å². The second-order valence-corrected chi connectivity index (χ2v) is 9.81. The minimum atomic E-state index is -3.70. The van der Waals surface area contributed by atoms with Crippen molar-refractivity contribution < 1.29 is 12.8 Å². The molecule has 1 aromatic carbocycles. The van der Waals surface area contributed by atoms with Crippen LogP contribution in [0, 0.1) is 13.8 Å². The maximum Gasteiger partial charge on any atom is 0.264 e. The van der Waals surface area contributed by atoms with Crippen molar-refractivity contribution >= 4 is 10.0 Å². The van der Waals surface area contributed by atoms with E-state index in [0.717, 1.165) is 18.4 Å². The largest absolute Gasteiger partial charge is 0.419 e. The minimum Gasteiger partial charge on any atom is -0.419 e. The van der Waals surface area contributed by atoms with Crippen LogP contribution in [0.2, 0.25) is 0 Å². The molecule has 3 aromatic rings. The first kappa shape index (κ1) is 20.8. The maximum atomic E-state index is 13.6. The van der Waals surface area contributed by atoms with Crippen molar-refractivity contribution in [3.63, 3.8) is 0 Å². The number of rotatable bonds is 7. The molecule has 4 rings (SSSR count). The van der Waals surface area contributed by atoms with Crippen molar-refractivity contribution in [1.82, 2.24) is 19.1 Å². The lowest BCUT2D eigenvalue weighted by atomic mass is 9.85. The van der Waals surface area contributed by atoms with Crippen molar-refractivity contribution in [3.8, 4) is 11.6 Å². The van der Waals surface area contributed by atoms with Crippen molar-refractivity contribution in [2.45, 2.75) is 57.4 Å². The Morgan fingerprint density at radius 1 is 1.17 bits per heavy atom. The number of benzene rings is 1. The molecule has 0 aliphatic heterocycles. The Morgan fingerprint density at radius 2 is 1.87 bits per heavy atom. The zero-order valence-electron chi connectivity index (χ0n) is 17.9. The maximum absolute atomic E-state index is 13.6. The SMILES string of the molecule is CCN(Cc1ccccc1)S(=O)(=O)c1c(C)c(-c2nnc(C3CCC3)o2)n(C)c1C. The third-order valence-corrected chi connectivity index (χ3v) is 8.30. The average molecular weight is 429 g/mol. The van der Waals surface area contributed by atoms with Gasteiger partial charge in [-0.2, -0.15) is 4.31 Å². The van der Waals surface area contributed by atoms with E-state index >= 15 is 0 Å². The lowest BCUT2D eigenvalue weighted by Gasteiger charge is -2.21. The molecule has 0 saturated heterocycles. The first-order chi connectivity index (χ1) is 14.3. The zero-order chi connectivity index (χ0) is 21.5. The summed E-state index contributed by atoms with van der Waals surface area (Å²) < 4.78 is 36.5. The molecule has 1 aliphatic rings. The highest BCUT2D eigenvalue weighted by molar-refractivity contribution is 7.89. The molecule has 7 nitrogen and oxygen atoms in total. The van der Waals surface area contributed by atoms with Crippen LogP contribution in [0.15, 0.2) is 39.6 Å². The lowest BCUT2D eigenvalue weighted by Crippen LogP contribution is -2.31. The third kappa shape index (κ3) is 3.48. The first-order valence-electron chi connectivity index (χ1n) is 10.4. The molecule has 0 amide bonds. The van der Waals surface area contributed by atoms with E-state index in [9.17, 15) is 8.42 Å². The molecule has 0 bridgehead atoms. The van der Waals surface area contributed by atoms with E-state index in [1.807, 2.05) is 62.7 Å². The fraction of sp³-hybridized carbons (Fsp3) is 0.455. The fourth-order valence-electron chi connectivity index (χ4n) is 4.07. The monoisotopic (exact) mass is 428 g/mol. The van der Waals surface area contributed by atoms with Crippen molar-refractivity contribution in [2.24, 2.45) is 7.05 Å². The van der Waals surface area contributed by atoms with Gasteiger partial charge in [0.25, 0.3) is 5.89 Å². The van der Waals surface area contributed by atoms with Crippen LogP contribution in [0.1, 0.15) is 54.8 Å². The van der Waals surface area contributed by atoms with Gasteiger partial charge < -0.3 is 8.98 Å². The molecule has 2 heterocycles. The van der Waals surface area contributed by atoms with Gasteiger partial charge in [0, 0.05) is 37.3 Å². The molecule has 0 unspecified atom stereocenters. The van der Waals surface area contributed by atoms with E-state index < -0.39 is 10.0 Å². The van der Waals surface area contributed by atoms with Gasteiger partial charge in [-0.05, 0) is 32.3 Å². The quantitative estimate of drug-likeness (QED) is 0.564. The van der Waals surface area contributed by atoms with Crippen LogP contribution in [0.25, 0.3) is 11.6 Å². The molecule has 30 heavy (non-hydrogen) atoms. The second kappa shape index (κ2) is 8.00. The van der Waals surface area contributed by atoms with Crippen LogP contribution in [-0.4, -0.2) is 34.0 Å². The van der Waals surface area contributed by atoms with E-state index in [2.05, 4.69) is 10.2 Å². The molecule has 0 spiro atoms. The van der Waals surface area contributed by atoms with Crippen LogP contribution in [0.3, 0.4) is 0 Å². The molecule has 0 atom stereocenters. The molecule has 1 aliphatic carbocycles. The van der Waals surface area contributed by atoms with Gasteiger partial charge in [-0.1, -0.05) is 43.7 Å². The molecule has 0 N–H and O–H groups in total. The van der Waals surface area contributed by atoms with Crippen molar-refractivity contribution in [2.75, 3.05) is 6.54 Å². The molecule has 2 aromatic heterocycles. The summed E-state index contributed by atoms with van der Waals surface area (Å²) in [5.41, 5.74) is 2.93. The van der Waals surface area contributed by atoms with E-state index in [1.54, 1.807) is 0 Å². The number of aromatic nitrogens is 3. The van der Waals surface area contributed by atoms with Gasteiger partial charge in [-0.15, -0.1) is 10.2 Å². The van der Waals surface area contributed by atoms with Crippen LogP contribution in [-0.2, 0) is 23.6 Å². The molecular formula is C22H28N4O3S. The molecular weight excluding hydrogens is 400 g/mol. The van der Waals surface area contributed by atoms with Gasteiger partial charge in [0.05, 0.1) is 0 Å². The summed E-state index contributed by atoms with van der Waals surface area (Å²) >= 11 is 0. The van der Waals surface area contributed by atoms with Gasteiger partial charge in [-0.25, -0.2) is 8.42 Å². The summed E-state index contributed by atoms with van der Waals surface area (Å²) in [6.45, 7) is 6.21. The predicted octanol–water partition coefficient (Wildman–Crippen LogP) is 4.17. The summed E-state index contributed by atoms with van der Waals surface area (Å²) in [4.78, 5) is 0.321. The van der Waals surface area contributed by atoms with Crippen molar-refractivity contribution in [1.29, 1.82) is 0 Å². The fourth-order valence-corrected chi connectivity index (χ4v) is 5.98. The predicted molar refractivity (Wildman–Crippen MR) is 114 cm³/mol. The molecule has 1 saturated carbocycles. The second-order valence-electron chi connectivity index (χ2n) is 7.94. The molecule has 160 valence electrons. The molecule has 0 radical (unpaired) electrons. The Morgan fingerprint density at radius 3 is 2.47 bits per heavy atom. The van der Waals surface area contributed by atoms with Crippen LogP contribution in [0.5, 0.6) is 0 Å². The Hall–Kier alpha value is -2.45. The summed E-state index contributed by atoms with van der Waals surface area (Å²) in [5.74, 6) is 1.36.